The summed E-state index contributed by atoms with van der Waals surface area (Å²) in [4.78, 5) is 26.8. The number of fused-ring (bicyclic) bond motifs is 1. The van der Waals surface area contributed by atoms with E-state index in [1.807, 2.05) is 41.9 Å². The number of rotatable bonds is 6. The summed E-state index contributed by atoms with van der Waals surface area (Å²) in [5, 5.41) is 8.54. The molecule has 2 amide bonds. The number of carbonyl (C=O) groups excluding carboxylic acids is 2. The summed E-state index contributed by atoms with van der Waals surface area (Å²) in [5.74, 6) is 0.675. The Balaban J connectivity index is 1.40. The van der Waals surface area contributed by atoms with Crippen LogP contribution in [0.15, 0.2) is 35.4 Å². The fraction of sp³-hybridized carbons (Fsp3) is 0.476. The first-order chi connectivity index (χ1) is 14.1. The molecule has 2 aliphatic heterocycles. The number of nitrogens with zero attached hydrogens (tertiary/aromatic N) is 3. The Morgan fingerprint density at radius 1 is 1.28 bits per heavy atom. The summed E-state index contributed by atoms with van der Waals surface area (Å²) in [6.45, 7) is 3.86. The molecular weight excluding hydrogens is 388 g/mol. The third-order valence-corrected chi connectivity index (χ3v) is 6.26. The topological polar surface area (TPSA) is 76.5 Å². The first-order valence-corrected chi connectivity index (χ1v) is 11.1. The van der Waals surface area contributed by atoms with Gasteiger partial charge < -0.3 is 15.0 Å². The lowest BCUT2D eigenvalue weighted by Crippen LogP contribution is -2.37. The van der Waals surface area contributed by atoms with Gasteiger partial charge in [-0.2, -0.15) is 5.10 Å². The molecular formula is C21H26N4O3S. The van der Waals surface area contributed by atoms with Crippen LogP contribution in [0.3, 0.4) is 0 Å². The maximum atomic E-state index is 12.9. The van der Waals surface area contributed by atoms with Gasteiger partial charge in [0.05, 0.1) is 23.2 Å². The Labute approximate surface area is 174 Å². The Bertz CT molecular complexity index is 878. The largest absolute Gasteiger partial charge is 0.376 e. The van der Waals surface area contributed by atoms with Crippen LogP contribution in [-0.2, 0) is 14.3 Å². The first kappa shape index (κ1) is 20.0. The van der Waals surface area contributed by atoms with E-state index in [-0.39, 0.29) is 30.8 Å². The SMILES string of the molecule is Cc1nn(-c2ccccc2)c2c1N(C(=O)CCC(=O)NC[C@H]1CCCO1)CCS2. The van der Waals surface area contributed by atoms with Crippen molar-refractivity contribution in [3.05, 3.63) is 36.0 Å². The lowest BCUT2D eigenvalue weighted by Gasteiger charge is -2.27. The molecule has 1 fully saturated rings. The van der Waals surface area contributed by atoms with E-state index in [0.717, 1.165) is 47.3 Å². The minimum atomic E-state index is -0.0999. The second-order valence-corrected chi connectivity index (χ2v) is 8.40. The van der Waals surface area contributed by atoms with Gasteiger partial charge in [0.15, 0.2) is 0 Å². The van der Waals surface area contributed by atoms with E-state index in [4.69, 9.17) is 4.74 Å². The third kappa shape index (κ3) is 4.48. The molecule has 2 aromatic rings. The summed E-state index contributed by atoms with van der Waals surface area (Å²) in [7, 11) is 0. The highest BCUT2D eigenvalue weighted by atomic mass is 32.2. The first-order valence-electron chi connectivity index (χ1n) is 10.1. The molecule has 1 aromatic heterocycles. The molecule has 0 radical (unpaired) electrons. The molecule has 1 N–H and O–H groups in total. The number of carbonyl (C=O) groups is 2. The van der Waals surface area contributed by atoms with Crippen LogP contribution in [0.2, 0.25) is 0 Å². The summed E-state index contributed by atoms with van der Waals surface area (Å²) in [6, 6.07) is 9.94. The van der Waals surface area contributed by atoms with Crippen molar-refractivity contribution < 1.29 is 14.3 Å². The van der Waals surface area contributed by atoms with Gasteiger partial charge in [-0.25, -0.2) is 4.68 Å². The van der Waals surface area contributed by atoms with Crippen molar-refractivity contribution in [1.82, 2.24) is 15.1 Å². The lowest BCUT2D eigenvalue weighted by atomic mass is 10.2. The smallest absolute Gasteiger partial charge is 0.227 e. The maximum absolute atomic E-state index is 12.9. The highest BCUT2D eigenvalue weighted by molar-refractivity contribution is 7.99. The van der Waals surface area contributed by atoms with Crippen LogP contribution in [0, 0.1) is 6.92 Å². The predicted molar refractivity (Wildman–Crippen MR) is 113 cm³/mol. The monoisotopic (exact) mass is 414 g/mol. The van der Waals surface area contributed by atoms with Gasteiger partial charge in [-0.15, -0.1) is 11.8 Å². The number of amides is 2. The van der Waals surface area contributed by atoms with Gasteiger partial charge in [0, 0.05) is 38.3 Å². The van der Waals surface area contributed by atoms with E-state index in [2.05, 4.69) is 10.4 Å². The normalized spacial score (nSPS) is 18.5. The summed E-state index contributed by atoms with van der Waals surface area (Å²) in [6.07, 6.45) is 2.53. The molecule has 1 aromatic carbocycles. The van der Waals surface area contributed by atoms with Gasteiger partial charge in [0.1, 0.15) is 5.03 Å². The van der Waals surface area contributed by atoms with Crippen molar-refractivity contribution in [1.29, 1.82) is 0 Å². The molecule has 0 saturated carbocycles. The molecule has 1 atom stereocenters. The van der Waals surface area contributed by atoms with Crippen LogP contribution in [-0.4, -0.2) is 53.1 Å². The second kappa shape index (κ2) is 9.00. The number of hydrogen-bond donors (Lipinski definition) is 1. The standard InChI is InChI=1S/C21H26N4O3S/c1-15-20-21(25(23-15)16-6-3-2-4-7-16)29-13-11-24(20)19(27)10-9-18(26)22-14-17-8-5-12-28-17/h2-4,6-7,17H,5,8-14H2,1H3,(H,22,26)/t17-/m1/s1. The minimum absolute atomic E-state index is 0.0328. The Hall–Kier alpha value is -2.32. The van der Waals surface area contributed by atoms with E-state index in [0.29, 0.717) is 13.1 Å². The number of hydrogen-bond acceptors (Lipinski definition) is 5. The quantitative estimate of drug-likeness (QED) is 0.787. The average Bonchev–Trinajstić information content (AvgIpc) is 3.39. The highest BCUT2D eigenvalue weighted by Gasteiger charge is 2.30. The molecule has 0 aliphatic carbocycles. The molecule has 0 bridgehead atoms. The van der Waals surface area contributed by atoms with Gasteiger partial charge >= 0.3 is 0 Å². The fourth-order valence-corrected chi connectivity index (χ4v) is 4.88. The van der Waals surface area contributed by atoms with Gasteiger partial charge in [-0.1, -0.05) is 18.2 Å². The van der Waals surface area contributed by atoms with Crippen molar-refractivity contribution >= 4 is 29.3 Å². The zero-order chi connectivity index (χ0) is 20.2. The predicted octanol–water partition coefficient (Wildman–Crippen LogP) is 2.69. The number of thioether (sulfide) groups is 1. The average molecular weight is 415 g/mol. The van der Waals surface area contributed by atoms with Crippen molar-refractivity contribution in [2.75, 3.05) is 30.3 Å². The number of para-hydroxylation sites is 1. The molecule has 7 nitrogen and oxygen atoms in total. The van der Waals surface area contributed by atoms with Crippen LogP contribution in [0.5, 0.6) is 0 Å². The summed E-state index contributed by atoms with van der Waals surface area (Å²) < 4.78 is 7.42. The van der Waals surface area contributed by atoms with Crippen LogP contribution in [0.4, 0.5) is 5.69 Å². The van der Waals surface area contributed by atoms with E-state index >= 15 is 0 Å². The number of benzene rings is 1. The van der Waals surface area contributed by atoms with Crippen molar-refractivity contribution in [3.8, 4) is 5.69 Å². The molecule has 154 valence electrons. The molecule has 2 aliphatic rings. The van der Waals surface area contributed by atoms with Gasteiger partial charge in [0.2, 0.25) is 11.8 Å². The molecule has 3 heterocycles. The van der Waals surface area contributed by atoms with Gasteiger partial charge in [0.25, 0.3) is 0 Å². The van der Waals surface area contributed by atoms with Crippen LogP contribution in [0.1, 0.15) is 31.4 Å². The maximum Gasteiger partial charge on any atom is 0.227 e. The summed E-state index contributed by atoms with van der Waals surface area (Å²) in [5.41, 5.74) is 2.68. The van der Waals surface area contributed by atoms with Crippen molar-refractivity contribution in [2.24, 2.45) is 0 Å². The number of aromatic nitrogens is 2. The van der Waals surface area contributed by atoms with Crippen molar-refractivity contribution in [2.45, 2.75) is 43.7 Å². The zero-order valence-electron chi connectivity index (χ0n) is 16.6. The molecule has 1 saturated heterocycles. The third-order valence-electron chi connectivity index (χ3n) is 5.23. The molecule has 0 unspecified atom stereocenters. The molecule has 4 rings (SSSR count). The van der Waals surface area contributed by atoms with E-state index in [9.17, 15) is 9.59 Å². The molecule has 29 heavy (non-hydrogen) atoms. The number of nitrogens with one attached hydrogen (secondary N) is 1. The Kier molecular flexibility index (Phi) is 6.20. The number of ether oxygens (including phenoxy) is 1. The van der Waals surface area contributed by atoms with E-state index in [1.54, 1.807) is 16.7 Å². The number of aryl methyl sites for hydroxylation is 1. The van der Waals surface area contributed by atoms with E-state index < -0.39 is 0 Å². The van der Waals surface area contributed by atoms with Crippen LogP contribution in [0.25, 0.3) is 5.69 Å². The zero-order valence-corrected chi connectivity index (χ0v) is 17.4. The van der Waals surface area contributed by atoms with Crippen LogP contribution >= 0.6 is 11.8 Å². The van der Waals surface area contributed by atoms with Gasteiger partial charge in [-0.05, 0) is 31.9 Å². The van der Waals surface area contributed by atoms with Gasteiger partial charge in [-0.3, -0.25) is 9.59 Å². The lowest BCUT2D eigenvalue weighted by molar-refractivity contribution is -0.125. The minimum Gasteiger partial charge on any atom is -0.376 e. The Morgan fingerprint density at radius 2 is 2.10 bits per heavy atom. The number of anilines is 1. The molecule has 0 spiro atoms. The fourth-order valence-electron chi connectivity index (χ4n) is 3.75. The van der Waals surface area contributed by atoms with E-state index in [1.165, 1.54) is 0 Å². The molecule has 8 heteroatoms. The Morgan fingerprint density at radius 3 is 2.86 bits per heavy atom. The highest BCUT2D eigenvalue weighted by Crippen LogP contribution is 2.39. The van der Waals surface area contributed by atoms with Crippen LogP contribution < -0.4 is 10.2 Å². The summed E-state index contributed by atoms with van der Waals surface area (Å²) >= 11 is 1.71. The second-order valence-electron chi connectivity index (χ2n) is 7.32. The van der Waals surface area contributed by atoms with Crippen molar-refractivity contribution in [3.63, 3.8) is 0 Å².